The van der Waals surface area contributed by atoms with Crippen molar-refractivity contribution in [3.8, 4) is 34.1 Å². The molecule has 0 bridgehead atoms. The Hall–Kier alpha value is -7.90. The highest BCUT2D eigenvalue weighted by atomic mass is 16.5. The molecule has 8 aromatic rings. The summed E-state index contributed by atoms with van der Waals surface area (Å²) in [4.78, 5) is 24.7. The van der Waals surface area contributed by atoms with Crippen molar-refractivity contribution in [3.63, 3.8) is 0 Å². The maximum atomic E-state index is 11.2. The summed E-state index contributed by atoms with van der Waals surface area (Å²) in [5.74, 6) is 2.36. The van der Waals surface area contributed by atoms with Crippen molar-refractivity contribution in [1.29, 1.82) is 0 Å². The van der Waals surface area contributed by atoms with Gasteiger partial charge in [-0.3, -0.25) is 9.59 Å². The third-order valence-corrected chi connectivity index (χ3v) is 14.0. The van der Waals surface area contributed by atoms with Crippen molar-refractivity contribution in [3.05, 3.63) is 233 Å². The van der Waals surface area contributed by atoms with Crippen LogP contribution in [-0.2, 0) is 47.1 Å². The number of nitrogens with zero attached hydrogens (tertiary/aromatic N) is 1. The van der Waals surface area contributed by atoms with Crippen LogP contribution in [0.15, 0.2) is 194 Å². The van der Waals surface area contributed by atoms with Gasteiger partial charge in [0.25, 0.3) is 0 Å². The molecule has 0 unspecified atom stereocenters. The SMILES string of the molecule is CCc1ccc(-c2ccc(N(c3ccc(CCc4ccc(OC)cc4)cc3)c3ccc(CCc4ccc(OC(C)=O)cc4)cc3)cc2)cc1.COc1ccc(C2(c3ccc(OC(C)=O)cc3)CCCCC2)cc1. The maximum Gasteiger partial charge on any atom is 0.308 e. The average molecular weight is 970 g/mol. The van der Waals surface area contributed by atoms with Crippen LogP contribution in [-0.4, -0.2) is 26.2 Å². The number of hydrogen-bond donors (Lipinski definition) is 0. The Kier molecular flexibility index (Phi) is 17.6. The molecule has 1 aliphatic carbocycles. The Labute approximate surface area is 432 Å². The van der Waals surface area contributed by atoms with Crippen LogP contribution in [0.4, 0.5) is 17.1 Å². The summed E-state index contributed by atoms with van der Waals surface area (Å²) in [6, 6.07) is 68.1. The Balaban J connectivity index is 0.000000247. The first kappa shape index (κ1) is 51.5. The minimum absolute atomic E-state index is 0.0409. The summed E-state index contributed by atoms with van der Waals surface area (Å²) in [5.41, 5.74) is 14.9. The smallest absolute Gasteiger partial charge is 0.308 e. The zero-order chi connectivity index (χ0) is 51.0. The van der Waals surface area contributed by atoms with Crippen LogP contribution in [0.1, 0.15) is 91.8 Å². The largest absolute Gasteiger partial charge is 0.497 e. The van der Waals surface area contributed by atoms with Crippen molar-refractivity contribution in [2.45, 2.75) is 90.4 Å². The molecule has 1 fully saturated rings. The Morgan fingerprint density at radius 3 is 1.05 bits per heavy atom. The van der Waals surface area contributed by atoms with Gasteiger partial charge in [-0.25, -0.2) is 0 Å². The fourth-order valence-corrected chi connectivity index (χ4v) is 9.88. The number of hydrogen-bond acceptors (Lipinski definition) is 7. The number of carbonyl (C=O) groups excluding carboxylic acids is 2. The molecule has 8 aromatic carbocycles. The molecule has 73 heavy (non-hydrogen) atoms. The molecule has 1 aliphatic rings. The van der Waals surface area contributed by atoms with Gasteiger partial charge in [0.15, 0.2) is 0 Å². The van der Waals surface area contributed by atoms with E-state index in [2.05, 4.69) is 145 Å². The Bertz CT molecular complexity index is 2980. The summed E-state index contributed by atoms with van der Waals surface area (Å²) in [6.07, 6.45) is 10.9. The van der Waals surface area contributed by atoms with Crippen LogP contribution in [0.3, 0.4) is 0 Å². The molecular formula is C66H67NO6. The van der Waals surface area contributed by atoms with Crippen LogP contribution in [0.2, 0.25) is 0 Å². The second kappa shape index (κ2) is 25.0. The van der Waals surface area contributed by atoms with Crippen molar-refractivity contribution >= 4 is 29.0 Å². The third kappa shape index (κ3) is 13.7. The summed E-state index contributed by atoms with van der Waals surface area (Å²) in [5, 5.41) is 0. The fraction of sp³-hybridized carbons (Fsp3) is 0.242. The average Bonchev–Trinajstić information content (AvgIpc) is 3.43. The number of methoxy groups -OCH3 is 2. The summed E-state index contributed by atoms with van der Waals surface area (Å²) < 4.78 is 21.0. The minimum Gasteiger partial charge on any atom is -0.497 e. The summed E-state index contributed by atoms with van der Waals surface area (Å²) >= 11 is 0. The van der Waals surface area contributed by atoms with E-state index in [1.165, 1.54) is 83.2 Å². The highest BCUT2D eigenvalue weighted by Gasteiger charge is 2.35. The molecule has 0 aromatic heterocycles. The number of aryl methyl sites for hydroxylation is 5. The number of esters is 2. The number of rotatable bonds is 17. The molecule has 7 nitrogen and oxygen atoms in total. The number of ether oxygens (including phenoxy) is 4. The zero-order valence-corrected chi connectivity index (χ0v) is 42.9. The lowest BCUT2D eigenvalue weighted by atomic mass is 9.65. The molecule has 9 rings (SSSR count). The van der Waals surface area contributed by atoms with E-state index in [9.17, 15) is 9.59 Å². The van der Waals surface area contributed by atoms with Crippen LogP contribution in [0.25, 0.3) is 11.1 Å². The lowest BCUT2D eigenvalue weighted by Gasteiger charge is -2.38. The van der Waals surface area contributed by atoms with Crippen molar-refractivity contribution in [2.75, 3.05) is 19.1 Å². The van der Waals surface area contributed by atoms with Crippen LogP contribution in [0.5, 0.6) is 23.0 Å². The molecule has 0 aliphatic heterocycles. The second-order valence-corrected chi connectivity index (χ2v) is 18.8. The second-order valence-electron chi connectivity index (χ2n) is 18.8. The van der Waals surface area contributed by atoms with E-state index in [0.717, 1.165) is 73.5 Å². The predicted octanol–water partition coefficient (Wildman–Crippen LogP) is 15.8. The van der Waals surface area contributed by atoms with Gasteiger partial charge in [-0.15, -0.1) is 0 Å². The predicted molar refractivity (Wildman–Crippen MR) is 296 cm³/mol. The number of benzene rings is 8. The molecule has 7 heteroatoms. The van der Waals surface area contributed by atoms with Gasteiger partial charge in [0, 0.05) is 36.3 Å². The monoisotopic (exact) mass is 969 g/mol. The number of carbonyl (C=O) groups is 2. The van der Waals surface area contributed by atoms with E-state index < -0.39 is 0 Å². The molecule has 0 radical (unpaired) electrons. The first-order valence-corrected chi connectivity index (χ1v) is 25.6. The molecular weight excluding hydrogens is 903 g/mol. The first-order chi connectivity index (χ1) is 35.6. The van der Waals surface area contributed by atoms with Gasteiger partial charge in [0.1, 0.15) is 23.0 Å². The fourth-order valence-electron chi connectivity index (χ4n) is 9.88. The van der Waals surface area contributed by atoms with Crippen LogP contribution >= 0.6 is 0 Å². The van der Waals surface area contributed by atoms with Crippen LogP contribution < -0.4 is 23.8 Å². The third-order valence-electron chi connectivity index (χ3n) is 14.0. The Morgan fingerprint density at radius 2 is 0.699 bits per heavy atom. The molecule has 0 saturated heterocycles. The molecule has 0 amide bonds. The normalized spacial score (nSPS) is 12.7. The molecule has 1 saturated carbocycles. The van der Waals surface area contributed by atoms with Gasteiger partial charge < -0.3 is 23.8 Å². The van der Waals surface area contributed by atoms with Crippen molar-refractivity contribution < 1.29 is 28.5 Å². The number of anilines is 3. The van der Waals surface area contributed by atoms with Crippen molar-refractivity contribution in [2.24, 2.45) is 0 Å². The summed E-state index contributed by atoms with van der Waals surface area (Å²) in [6.45, 7) is 5.03. The van der Waals surface area contributed by atoms with E-state index in [-0.39, 0.29) is 17.4 Å². The Morgan fingerprint density at radius 1 is 0.397 bits per heavy atom. The van der Waals surface area contributed by atoms with Gasteiger partial charge in [0.05, 0.1) is 14.2 Å². The van der Waals surface area contributed by atoms with Gasteiger partial charge in [-0.05, 0) is 180 Å². The highest BCUT2D eigenvalue weighted by molar-refractivity contribution is 5.78. The van der Waals surface area contributed by atoms with Gasteiger partial charge >= 0.3 is 11.9 Å². The summed E-state index contributed by atoms with van der Waals surface area (Å²) in [7, 11) is 3.39. The van der Waals surface area contributed by atoms with Crippen LogP contribution in [0, 0.1) is 0 Å². The minimum atomic E-state index is -0.305. The van der Waals surface area contributed by atoms with E-state index in [1.54, 1.807) is 14.2 Å². The van der Waals surface area contributed by atoms with E-state index in [0.29, 0.717) is 11.5 Å². The quantitative estimate of drug-likeness (QED) is 0.0665. The van der Waals surface area contributed by atoms with Gasteiger partial charge in [0.2, 0.25) is 0 Å². The lowest BCUT2D eigenvalue weighted by Crippen LogP contribution is -2.30. The van der Waals surface area contributed by atoms with E-state index >= 15 is 0 Å². The molecule has 0 heterocycles. The van der Waals surface area contributed by atoms with Gasteiger partial charge in [-0.2, -0.15) is 0 Å². The highest BCUT2D eigenvalue weighted by Crippen LogP contribution is 2.46. The molecule has 0 atom stereocenters. The van der Waals surface area contributed by atoms with Crippen molar-refractivity contribution in [1.82, 2.24) is 0 Å². The zero-order valence-electron chi connectivity index (χ0n) is 42.9. The molecule has 0 N–H and O–H groups in total. The van der Waals surface area contributed by atoms with Gasteiger partial charge in [-0.1, -0.05) is 135 Å². The topological polar surface area (TPSA) is 74.3 Å². The lowest BCUT2D eigenvalue weighted by molar-refractivity contribution is -0.132. The maximum absolute atomic E-state index is 11.2. The molecule has 372 valence electrons. The van der Waals surface area contributed by atoms with E-state index in [4.69, 9.17) is 18.9 Å². The first-order valence-electron chi connectivity index (χ1n) is 25.6. The molecule has 0 spiro atoms. The van der Waals surface area contributed by atoms with E-state index in [1.807, 2.05) is 60.7 Å². The standard InChI is InChI=1S/C45H43NO3.C21H24O3/c1-4-34-9-19-39(20-10-34)40-21-27-43(28-22-40)46(41-23-11-35(12-24-41)5-7-37-15-29-44(48-3)30-16-37)42-25-13-36(14-26-42)6-8-38-17-31-45(32-18-38)49-33(2)47;1-16(22)24-20-12-8-18(9-13-20)21(14-4-3-5-15-21)17-6-10-19(23-2)11-7-17/h9-32H,4-8H2,1-3H3;6-13H,3-5,14-15H2,1-2H3.